The summed E-state index contributed by atoms with van der Waals surface area (Å²) in [7, 11) is 0. The minimum Gasteiger partial charge on any atom is -0.333 e. The second-order valence-corrected chi connectivity index (χ2v) is 6.33. The van der Waals surface area contributed by atoms with Crippen molar-refractivity contribution in [1.82, 2.24) is 9.97 Å². The third kappa shape index (κ3) is 3.19. The molecule has 1 N–H and O–H groups in total. The Morgan fingerprint density at radius 2 is 2.05 bits per heavy atom. The summed E-state index contributed by atoms with van der Waals surface area (Å²) in [5.41, 5.74) is 2.31. The van der Waals surface area contributed by atoms with Crippen LogP contribution in [0.1, 0.15) is 5.56 Å². The van der Waals surface area contributed by atoms with Gasteiger partial charge < -0.3 is 4.98 Å². The molecule has 1 heterocycles. The lowest BCUT2D eigenvalue weighted by Crippen LogP contribution is -1.86. The van der Waals surface area contributed by atoms with Crippen LogP contribution in [0, 0.1) is 10.1 Å². The SMILES string of the molecule is O=[N+]([O-])c1ccc2nc(SCc3ccc(Cl)cc3Cl)[nH]c2c1. The summed E-state index contributed by atoms with van der Waals surface area (Å²) in [6.45, 7) is 0. The monoisotopic (exact) mass is 353 g/mol. The second-order valence-electron chi connectivity index (χ2n) is 4.52. The van der Waals surface area contributed by atoms with Gasteiger partial charge >= 0.3 is 0 Å². The summed E-state index contributed by atoms with van der Waals surface area (Å²) in [4.78, 5) is 17.8. The Labute approximate surface area is 139 Å². The number of nitro groups is 1. The van der Waals surface area contributed by atoms with Crippen LogP contribution in [-0.4, -0.2) is 14.9 Å². The van der Waals surface area contributed by atoms with Gasteiger partial charge in [-0.3, -0.25) is 10.1 Å². The number of non-ortho nitro benzene ring substituents is 1. The maximum Gasteiger partial charge on any atom is 0.271 e. The van der Waals surface area contributed by atoms with Gasteiger partial charge in [-0.05, 0) is 23.8 Å². The van der Waals surface area contributed by atoms with Crippen molar-refractivity contribution in [3.8, 4) is 0 Å². The van der Waals surface area contributed by atoms with E-state index in [0.29, 0.717) is 32.0 Å². The van der Waals surface area contributed by atoms with E-state index in [1.54, 1.807) is 18.2 Å². The molecule has 0 atom stereocenters. The smallest absolute Gasteiger partial charge is 0.271 e. The Bertz CT molecular complexity index is 866. The highest BCUT2D eigenvalue weighted by Crippen LogP contribution is 2.29. The van der Waals surface area contributed by atoms with E-state index in [9.17, 15) is 10.1 Å². The van der Waals surface area contributed by atoms with Crippen LogP contribution in [0.15, 0.2) is 41.6 Å². The van der Waals surface area contributed by atoms with Crippen LogP contribution in [0.25, 0.3) is 11.0 Å². The molecule has 0 amide bonds. The fraction of sp³-hybridized carbons (Fsp3) is 0.0714. The number of hydrogen-bond acceptors (Lipinski definition) is 4. The van der Waals surface area contributed by atoms with Crippen molar-refractivity contribution in [2.24, 2.45) is 0 Å². The zero-order valence-electron chi connectivity index (χ0n) is 11.0. The molecule has 8 heteroatoms. The van der Waals surface area contributed by atoms with Crippen LogP contribution in [0.5, 0.6) is 0 Å². The lowest BCUT2D eigenvalue weighted by Gasteiger charge is -2.02. The average molecular weight is 354 g/mol. The van der Waals surface area contributed by atoms with Gasteiger partial charge in [-0.1, -0.05) is 41.0 Å². The highest BCUT2D eigenvalue weighted by molar-refractivity contribution is 7.98. The molecule has 0 bridgehead atoms. The number of nitrogens with zero attached hydrogens (tertiary/aromatic N) is 2. The Morgan fingerprint density at radius 3 is 2.77 bits per heavy atom. The lowest BCUT2D eigenvalue weighted by molar-refractivity contribution is -0.384. The number of fused-ring (bicyclic) bond motifs is 1. The molecule has 22 heavy (non-hydrogen) atoms. The number of benzene rings is 2. The average Bonchev–Trinajstić information content (AvgIpc) is 2.88. The number of imidazole rings is 1. The molecule has 0 spiro atoms. The first-order chi connectivity index (χ1) is 10.5. The number of aromatic nitrogens is 2. The van der Waals surface area contributed by atoms with Crippen LogP contribution < -0.4 is 0 Å². The molecule has 0 aliphatic rings. The number of rotatable bonds is 4. The first-order valence-electron chi connectivity index (χ1n) is 6.24. The zero-order chi connectivity index (χ0) is 15.7. The van der Waals surface area contributed by atoms with Gasteiger partial charge in [-0.2, -0.15) is 0 Å². The molecule has 112 valence electrons. The largest absolute Gasteiger partial charge is 0.333 e. The van der Waals surface area contributed by atoms with Gasteiger partial charge in [0.05, 0.1) is 16.0 Å². The Kier molecular flexibility index (Phi) is 4.24. The number of aromatic amines is 1. The molecule has 0 aliphatic carbocycles. The summed E-state index contributed by atoms with van der Waals surface area (Å²) in [6.07, 6.45) is 0. The van der Waals surface area contributed by atoms with Crippen molar-refractivity contribution in [3.05, 3.63) is 62.1 Å². The van der Waals surface area contributed by atoms with Gasteiger partial charge in [0.1, 0.15) is 0 Å². The van der Waals surface area contributed by atoms with Crippen LogP contribution in [0.2, 0.25) is 10.0 Å². The lowest BCUT2D eigenvalue weighted by atomic mass is 10.2. The van der Waals surface area contributed by atoms with Crippen LogP contribution in [0.4, 0.5) is 5.69 Å². The number of H-pyrrole nitrogens is 1. The van der Waals surface area contributed by atoms with Gasteiger partial charge in [-0.25, -0.2) is 4.98 Å². The summed E-state index contributed by atoms with van der Waals surface area (Å²) in [5.74, 6) is 0.623. The summed E-state index contributed by atoms with van der Waals surface area (Å²) >= 11 is 13.5. The molecule has 1 aromatic heterocycles. The molecule has 0 saturated heterocycles. The van der Waals surface area contributed by atoms with Crippen LogP contribution >= 0.6 is 35.0 Å². The fourth-order valence-corrected chi connectivity index (χ4v) is 3.38. The maximum absolute atomic E-state index is 10.8. The summed E-state index contributed by atoms with van der Waals surface area (Å²) in [5, 5.41) is 12.6. The third-order valence-electron chi connectivity index (χ3n) is 3.03. The number of nitro benzene ring substituents is 1. The third-order valence-corrected chi connectivity index (χ3v) is 4.54. The molecule has 3 rings (SSSR count). The van der Waals surface area contributed by atoms with Crippen LogP contribution in [-0.2, 0) is 5.75 Å². The van der Waals surface area contributed by atoms with Crippen molar-refractivity contribution < 1.29 is 4.92 Å². The number of thioether (sulfide) groups is 1. The van der Waals surface area contributed by atoms with E-state index in [-0.39, 0.29) is 5.69 Å². The zero-order valence-corrected chi connectivity index (χ0v) is 13.4. The number of halogens is 2. The molecule has 0 radical (unpaired) electrons. The molecule has 0 saturated carbocycles. The normalized spacial score (nSPS) is 11.0. The summed E-state index contributed by atoms with van der Waals surface area (Å²) in [6, 6.07) is 9.89. The highest BCUT2D eigenvalue weighted by atomic mass is 35.5. The Morgan fingerprint density at radius 1 is 1.23 bits per heavy atom. The predicted molar refractivity (Wildman–Crippen MR) is 88.8 cm³/mol. The molecular weight excluding hydrogens is 345 g/mol. The molecule has 5 nitrogen and oxygen atoms in total. The van der Waals surface area contributed by atoms with Crippen LogP contribution in [0.3, 0.4) is 0 Å². The molecule has 3 aromatic rings. The topological polar surface area (TPSA) is 71.8 Å². The molecule has 2 aromatic carbocycles. The first kappa shape index (κ1) is 15.1. The summed E-state index contributed by atoms with van der Waals surface area (Å²) < 4.78 is 0. The van der Waals surface area contributed by atoms with Gasteiger partial charge in [0, 0.05) is 27.9 Å². The maximum atomic E-state index is 10.8. The van der Waals surface area contributed by atoms with Crippen molar-refractivity contribution in [3.63, 3.8) is 0 Å². The van der Waals surface area contributed by atoms with E-state index in [2.05, 4.69) is 9.97 Å². The first-order valence-corrected chi connectivity index (χ1v) is 7.98. The Hall–Kier alpha value is -1.76. The standard InChI is InChI=1S/C14H9Cl2N3O2S/c15-9-2-1-8(11(16)5-9)7-22-14-17-12-4-3-10(19(20)21)6-13(12)18-14/h1-6H,7H2,(H,17,18). The Balaban J connectivity index is 1.80. The van der Waals surface area contributed by atoms with E-state index < -0.39 is 4.92 Å². The van der Waals surface area contributed by atoms with Crippen molar-refractivity contribution in [2.75, 3.05) is 0 Å². The van der Waals surface area contributed by atoms with Gasteiger partial charge in [-0.15, -0.1) is 0 Å². The minimum atomic E-state index is -0.430. The van der Waals surface area contributed by atoms with Crippen molar-refractivity contribution in [1.29, 1.82) is 0 Å². The molecule has 0 unspecified atom stereocenters. The van der Waals surface area contributed by atoms with Crippen molar-refractivity contribution >= 4 is 51.7 Å². The van der Waals surface area contributed by atoms with Gasteiger partial charge in [0.25, 0.3) is 5.69 Å². The molecule has 0 aliphatic heterocycles. The second kappa shape index (κ2) is 6.16. The minimum absolute atomic E-state index is 0.0356. The van der Waals surface area contributed by atoms with Gasteiger partial charge in [0.15, 0.2) is 5.16 Å². The van der Waals surface area contributed by atoms with Gasteiger partial charge in [0.2, 0.25) is 0 Å². The van der Waals surface area contributed by atoms with E-state index in [4.69, 9.17) is 23.2 Å². The highest BCUT2D eigenvalue weighted by Gasteiger charge is 2.10. The van der Waals surface area contributed by atoms with E-state index in [1.165, 1.54) is 23.9 Å². The molecule has 0 fully saturated rings. The molecular formula is C14H9Cl2N3O2S. The van der Waals surface area contributed by atoms with E-state index in [0.717, 1.165) is 5.56 Å². The number of nitrogens with one attached hydrogen (secondary N) is 1. The fourth-order valence-electron chi connectivity index (χ4n) is 1.94. The van der Waals surface area contributed by atoms with E-state index in [1.807, 2.05) is 6.07 Å². The predicted octanol–water partition coefficient (Wildman–Crippen LogP) is 5.07. The quantitative estimate of drug-likeness (QED) is 0.403. The van der Waals surface area contributed by atoms with Crippen molar-refractivity contribution in [2.45, 2.75) is 10.9 Å². The number of hydrogen-bond donors (Lipinski definition) is 1. The van der Waals surface area contributed by atoms with E-state index >= 15 is 0 Å².